The second-order valence-electron chi connectivity index (χ2n) is 19.1. The van der Waals surface area contributed by atoms with E-state index in [1.807, 2.05) is 4.90 Å². The van der Waals surface area contributed by atoms with Gasteiger partial charge in [-0.1, -0.05) is 0 Å². The Morgan fingerprint density at radius 3 is 0.871 bits per heavy atom. The third-order valence-corrected chi connectivity index (χ3v) is 24.6. The highest BCUT2D eigenvalue weighted by Crippen LogP contribution is 2.70. The molecule has 0 rings (SSSR count). The van der Waals surface area contributed by atoms with E-state index in [0.29, 0.717) is 35.8 Å². The molecule has 0 saturated carbocycles. The van der Waals surface area contributed by atoms with E-state index in [1.54, 1.807) is 0 Å². The highest BCUT2D eigenvalue weighted by Gasteiger charge is 2.60. The Bertz CT molecular complexity index is 2570. The molecule has 93 heavy (non-hydrogen) atoms. The van der Waals surface area contributed by atoms with Crippen LogP contribution in [0.4, 0.5) is 0 Å². The second kappa shape index (κ2) is 45.2. The Kier molecular flexibility index (Phi) is 49.6. The van der Waals surface area contributed by atoms with Crippen molar-refractivity contribution in [2.45, 2.75) is 54.4 Å². The normalized spacial score (nSPS) is 14.6. The number of aliphatic hydroxyl groups is 1. The number of carboxylic acids is 3. The average molecular weight is 1620 g/mol. The molecule has 0 aliphatic carbocycles. The first-order valence-electron chi connectivity index (χ1n) is 24.3. The van der Waals surface area contributed by atoms with E-state index in [0.717, 1.165) is 4.90 Å². The predicted octanol–water partition coefficient (Wildman–Crippen LogP) is -4.06. The number of aliphatic hydroxyl groups excluding tert-OH is 1. The Balaban J connectivity index is -0.000000352. The van der Waals surface area contributed by atoms with Crippen molar-refractivity contribution in [2.75, 3.05) is 123 Å². The van der Waals surface area contributed by atoms with Crippen molar-refractivity contribution in [3.63, 3.8) is 0 Å². The van der Waals surface area contributed by atoms with Crippen LogP contribution >= 0.6 is 94.4 Å². The zero-order valence-electron chi connectivity index (χ0n) is 48.3. The first kappa shape index (κ1) is 102. The molecule has 0 spiro atoms. The fourth-order valence-corrected chi connectivity index (χ4v) is 17.3. The van der Waals surface area contributed by atoms with Gasteiger partial charge in [0.15, 0.2) is 0 Å². The van der Waals surface area contributed by atoms with Crippen LogP contribution in [0.15, 0.2) is 0 Å². The lowest BCUT2D eigenvalue weighted by Gasteiger charge is -2.40. The number of aliphatic carboxylic acids is 3. The molecule has 0 aliphatic rings. The molecule has 50 nitrogen and oxygen atoms in total. The van der Waals surface area contributed by atoms with Crippen molar-refractivity contribution >= 4 is 112 Å². The molecule has 0 saturated heterocycles. The summed E-state index contributed by atoms with van der Waals surface area (Å²) in [5.41, 5.74) is 0. The summed E-state index contributed by atoms with van der Waals surface area (Å²) in [6.45, 7) is -2.92. The van der Waals surface area contributed by atoms with Crippen LogP contribution < -0.4 is 0 Å². The van der Waals surface area contributed by atoms with Gasteiger partial charge >= 0.3 is 93.9 Å². The van der Waals surface area contributed by atoms with Gasteiger partial charge in [0.05, 0.1) is 39.3 Å². The van der Waals surface area contributed by atoms with Gasteiger partial charge in [-0.3, -0.25) is 106 Å². The lowest BCUT2D eigenvalue weighted by molar-refractivity contribution is -0.252. The molecule has 0 heterocycles. The average Bonchev–Trinajstić information content (AvgIpc) is 0.762. The topological polar surface area (TPSA) is 841 Å². The molecular weight excluding hydrogens is 1530 g/mol. The van der Waals surface area contributed by atoms with Crippen LogP contribution in [0.25, 0.3) is 0 Å². The molecular formula is C31H83N5O45P12. The summed E-state index contributed by atoms with van der Waals surface area (Å²) in [5.74, 6) is -4.33. The van der Waals surface area contributed by atoms with Gasteiger partial charge in [0.1, 0.15) is 48.0 Å². The quantitative estimate of drug-likeness (QED) is 0.0157. The maximum absolute atomic E-state index is 11.4. The lowest BCUT2D eigenvalue weighted by Crippen LogP contribution is -2.48. The van der Waals surface area contributed by atoms with Gasteiger partial charge in [0.25, 0.3) is 0 Å². The monoisotopic (exact) mass is 1620 g/mol. The number of rotatable bonds is 44. The van der Waals surface area contributed by atoms with E-state index >= 15 is 0 Å². The third kappa shape index (κ3) is 50.2. The zero-order chi connectivity index (χ0) is 74.9. The summed E-state index contributed by atoms with van der Waals surface area (Å²) in [4.78, 5) is 230. The Labute approximate surface area is 531 Å². The van der Waals surface area contributed by atoms with Crippen LogP contribution in [-0.2, 0) is 79.6 Å². The minimum absolute atomic E-state index is 0.0212. The van der Waals surface area contributed by atoms with Gasteiger partial charge in [0, 0.05) is 64.9 Å². The van der Waals surface area contributed by atoms with Crippen LogP contribution in [0.3, 0.4) is 0 Å². The van der Waals surface area contributed by atoms with Gasteiger partial charge in [-0.15, -0.1) is 18.5 Å². The van der Waals surface area contributed by atoms with E-state index in [-0.39, 0.29) is 19.6 Å². The molecule has 0 aliphatic heterocycles. The maximum Gasteiger partial charge on any atom is 0.357 e. The van der Waals surface area contributed by atoms with Crippen molar-refractivity contribution in [1.82, 2.24) is 24.5 Å². The Hall–Kier alpha value is 0.210. The number of hydrogen-bond acceptors (Lipinski definition) is 27. The van der Waals surface area contributed by atoms with Gasteiger partial charge in [-0.25, -0.2) is 19.6 Å². The fraction of sp³-hybridized carbons (Fsp3) is 0.903. The first-order chi connectivity index (χ1) is 41.4. The van der Waals surface area contributed by atoms with Gasteiger partial charge in [-0.05, 0) is 19.8 Å². The molecule has 4 atom stereocenters. The number of carboxylic acid groups (broad SMARTS) is 3. The third-order valence-electron chi connectivity index (χ3n) is 11.1. The molecule has 562 valence electrons. The van der Waals surface area contributed by atoms with E-state index in [2.05, 4.69) is 38.0 Å². The molecule has 0 bridgehead atoms. The minimum Gasteiger partial charge on any atom is -0.481 e. The van der Waals surface area contributed by atoms with E-state index in [9.17, 15) is 89.4 Å². The summed E-state index contributed by atoms with van der Waals surface area (Å²) in [7, 11) is -42.7. The van der Waals surface area contributed by atoms with E-state index in [4.69, 9.17) is 110 Å². The standard InChI is InChI=1S/C9H28N3O9P5.C7H13O9P.C6H17NO10P2.C6H13O8P.C3H12NO9P3/c13-24(14,15)7-10(1-3-11(5-22)6-23)2-4-12(8-25(16,17)18)9-26(19,20)21;8-5(9)1-2-7(4-16-12,3-6(10)11)17(13,14)15;1-6(18(10,11)12,19(13,14)15)7(2-4-16-8)3-5-17-9;7-2-1-6(4-14-10,3-5(8)9)15(11,12)13;5-14(6,7)1-4(2-15(8,9)10)3-16(11,12)13/h1-9,22-23H2,(H2,13,14,15)(H2,16,17,18)(H2,19,20,21);12H,1-4H2,(H,8,9)(H,10,11)(H2,13,14,15);8-9H,2-5H2,1H3,(H2,10,11,12)(H2,13,14,15);7,10H,1-4H2,(H,8,9)(H2,11,12,13);1-3H2,(H2,5,6,7)(H2,8,9,10)(H2,11,12,13). The number of nitrogens with zero attached hydrogens (tertiary/aromatic N) is 5. The van der Waals surface area contributed by atoms with Crippen molar-refractivity contribution < 1.29 is 219 Å². The van der Waals surface area contributed by atoms with Gasteiger partial charge in [-0.2, -0.15) is 0 Å². The van der Waals surface area contributed by atoms with Crippen molar-refractivity contribution in [3.05, 3.63) is 0 Å². The van der Waals surface area contributed by atoms with Crippen molar-refractivity contribution in [1.29, 1.82) is 0 Å². The highest BCUT2D eigenvalue weighted by atomic mass is 31.2. The molecule has 0 amide bonds. The lowest BCUT2D eigenvalue weighted by atomic mass is 9.99. The molecule has 0 aromatic heterocycles. The molecule has 4 unspecified atom stereocenters. The zero-order valence-corrected chi connectivity index (χ0v) is 59.5. The van der Waals surface area contributed by atoms with Gasteiger partial charge < -0.3 is 118 Å². The molecule has 0 radical (unpaired) electrons. The first-order valence-corrected chi connectivity index (χ1v) is 43.1. The van der Waals surface area contributed by atoms with Crippen LogP contribution in [-0.4, -0.2) is 320 Å². The number of hydrogen-bond donors (Lipinski definition) is 28. The van der Waals surface area contributed by atoms with Crippen LogP contribution in [0.5, 0.6) is 0 Å². The molecule has 0 aromatic rings. The summed E-state index contributed by atoms with van der Waals surface area (Å²) in [5, 5.41) is 59.9. The van der Waals surface area contributed by atoms with Crippen molar-refractivity contribution in [3.8, 4) is 0 Å². The largest absolute Gasteiger partial charge is 0.481 e. The summed E-state index contributed by atoms with van der Waals surface area (Å²) in [6, 6.07) is 0. The molecule has 0 fully saturated rings. The fourth-order valence-electron chi connectivity index (χ4n) is 6.77. The second-order valence-corrected chi connectivity index (χ2v) is 37.8. The minimum atomic E-state index is -5.26. The van der Waals surface area contributed by atoms with E-state index in [1.165, 1.54) is 4.90 Å². The SMILES string of the molecule is CC(N(CCOO)CCOO)(P(=O)(O)O)P(=O)(O)O.O=C(O)CC(CCO)(COO)P(=O)(O)O.O=C(O)CCC(COO)(CC(=O)O)P(=O)(O)O.O=P(O)(O)CN(CCN(CP)CP)CCN(CP(=O)(O)O)CP(=O)(O)O.O=P(O)(O)CN(CP(=O)(O)O)CP(=O)(O)O. The summed E-state index contributed by atoms with van der Waals surface area (Å²) < 4.78 is 110. The van der Waals surface area contributed by atoms with Crippen molar-refractivity contribution in [2.24, 2.45) is 0 Å². The summed E-state index contributed by atoms with van der Waals surface area (Å²) in [6.07, 6.45) is -8.05. The molecule has 0 aromatic carbocycles. The maximum atomic E-state index is 11.4. The Morgan fingerprint density at radius 2 is 0.645 bits per heavy atom. The molecule has 28 N–H and O–H groups in total. The Morgan fingerprint density at radius 1 is 0.376 bits per heavy atom. The summed E-state index contributed by atoms with van der Waals surface area (Å²) >= 11 is 0. The van der Waals surface area contributed by atoms with E-state index < -0.39 is 225 Å². The van der Waals surface area contributed by atoms with Crippen LogP contribution in [0.1, 0.15) is 39.0 Å². The van der Waals surface area contributed by atoms with Crippen LogP contribution in [0.2, 0.25) is 0 Å². The highest BCUT2D eigenvalue weighted by molar-refractivity contribution is 7.72. The predicted molar refractivity (Wildman–Crippen MR) is 318 cm³/mol. The number of carbonyl (C=O) groups is 3. The van der Waals surface area contributed by atoms with Gasteiger partial charge in [0.2, 0.25) is 5.02 Å². The smallest absolute Gasteiger partial charge is 0.357 e. The van der Waals surface area contributed by atoms with Crippen LogP contribution in [0, 0.1) is 0 Å². The molecule has 62 heteroatoms.